The molecular formula is C9H19NO. The summed E-state index contributed by atoms with van der Waals surface area (Å²) < 4.78 is 5.66. The van der Waals surface area contributed by atoms with Crippen LogP contribution in [0.4, 0.5) is 0 Å². The minimum Gasteiger partial charge on any atom is -0.377 e. The molecule has 2 heteroatoms. The molecule has 1 aliphatic rings. The maximum Gasteiger partial charge on any atom is 0.0702 e. The minimum absolute atomic E-state index is 0.508. The lowest BCUT2D eigenvalue weighted by atomic mass is 10.1. The molecular weight excluding hydrogens is 138 g/mol. The molecule has 1 atom stereocenters. The Hall–Kier alpha value is -0.0800. The SMILES string of the molecule is CCCO[C@@H]1CCCN(C)C1. The van der Waals surface area contributed by atoms with Gasteiger partial charge in [-0.3, -0.25) is 0 Å². The molecule has 0 aliphatic carbocycles. The van der Waals surface area contributed by atoms with Crippen LogP contribution in [0.15, 0.2) is 0 Å². The van der Waals surface area contributed by atoms with Crippen molar-refractivity contribution in [1.82, 2.24) is 4.90 Å². The van der Waals surface area contributed by atoms with Gasteiger partial charge < -0.3 is 9.64 Å². The molecule has 2 nitrogen and oxygen atoms in total. The van der Waals surface area contributed by atoms with Crippen LogP contribution in [-0.2, 0) is 4.74 Å². The maximum absolute atomic E-state index is 5.66. The Morgan fingerprint density at radius 3 is 3.00 bits per heavy atom. The van der Waals surface area contributed by atoms with Gasteiger partial charge in [0.15, 0.2) is 0 Å². The van der Waals surface area contributed by atoms with Crippen molar-refractivity contribution in [2.24, 2.45) is 0 Å². The topological polar surface area (TPSA) is 12.5 Å². The number of rotatable bonds is 3. The van der Waals surface area contributed by atoms with Gasteiger partial charge in [-0.1, -0.05) is 6.92 Å². The Bertz CT molecular complexity index is 106. The largest absolute Gasteiger partial charge is 0.377 e. The number of nitrogens with zero attached hydrogens (tertiary/aromatic N) is 1. The second kappa shape index (κ2) is 4.73. The average Bonchev–Trinajstić information content (AvgIpc) is 2.01. The number of hydrogen-bond acceptors (Lipinski definition) is 2. The van der Waals surface area contributed by atoms with Crippen molar-refractivity contribution in [2.75, 3.05) is 26.7 Å². The monoisotopic (exact) mass is 157 g/mol. The molecule has 0 amide bonds. The van der Waals surface area contributed by atoms with Gasteiger partial charge in [0.1, 0.15) is 0 Å². The molecule has 1 fully saturated rings. The minimum atomic E-state index is 0.508. The molecule has 0 aromatic heterocycles. The van der Waals surface area contributed by atoms with Crippen LogP contribution >= 0.6 is 0 Å². The third-order valence-corrected chi connectivity index (χ3v) is 2.14. The summed E-state index contributed by atoms with van der Waals surface area (Å²) >= 11 is 0. The molecule has 11 heavy (non-hydrogen) atoms. The van der Waals surface area contributed by atoms with Crippen LogP contribution in [0.2, 0.25) is 0 Å². The molecule has 1 aliphatic heterocycles. The smallest absolute Gasteiger partial charge is 0.0702 e. The van der Waals surface area contributed by atoms with Crippen LogP contribution in [0.1, 0.15) is 26.2 Å². The van der Waals surface area contributed by atoms with Crippen molar-refractivity contribution >= 4 is 0 Å². The molecule has 0 radical (unpaired) electrons. The van der Waals surface area contributed by atoms with E-state index in [0.717, 1.165) is 19.6 Å². The van der Waals surface area contributed by atoms with Crippen LogP contribution in [0.25, 0.3) is 0 Å². The molecule has 1 saturated heterocycles. The standard InChI is InChI=1S/C9H19NO/c1-3-7-11-9-5-4-6-10(2)8-9/h9H,3-8H2,1-2H3/t9-/m1/s1. The summed E-state index contributed by atoms with van der Waals surface area (Å²) in [5, 5.41) is 0. The Labute approximate surface area is 69.5 Å². The first-order valence-corrected chi connectivity index (χ1v) is 4.63. The lowest BCUT2D eigenvalue weighted by Crippen LogP contribution is -2.37. The van der Waals surface area contributed by atoms with Crippen LogP contribution < -0.4 is 0 Å². The van der Waals surface area contributed by atoms with Gasteiger partial charge in [-0.15, -0.1) is 0 Å². The molecule has 0 unspecified atom stereocenters. The highest BCUT2D eigenvalue weighted by molar-refractivity contribution is 4.70. The van der Waals surface area contributed by atoms with E-state index >= 15 is 0 Å². The van der Waals surface area contributed by atoms with Crippen LogP contribution in [-0.4, -0.2) is 37.7 Å². The zero-order chi connectivity index (χ0) is 8.10. The van der Waals surface area contributed by atoms with E-state index in [1.165, 1.54) is 19.4 Å². The molecule has 1 rings (SSSR count). The van der Waals surface area contributed by atoms with E-state index < -0.39 is 0 Å². The highest BCUT2D eigenvalue weighted by Gasteiger charge is 2.16. The van der Waals surface area contributed by atoms with Gasteiger partial charge in [0.25, 0.3) is 0 Å². The van der Waals surface area contributed by atoms with E-state index in [1.807, 2.05) is 0 Å². The Morgan fingerprint density at radius 2 is 2.36 bits per heavy atom. The quantitative estimate of drug-likeness (QED) is 0.615. The Balaban J connectivity index is 2.12. The highest BCUT2D eigenvalue weighted by Crippen LogP contribution is 2.11. The molecule has 0 bridgehead atoms. The van der Waals surface area contributed by atoms with Gasteiger partial charge in [0.2, 0.25) is 0 Å². The van der Waals surface area contributed by atoms with Crippen LogP contribution in [0, 0.1) is 0 Å². The number of ether oxygens (including phenoxy) is 1. The van der Waals surface area contributed by atoms with Crippen molar-refractivity contribution in [3.05, 3.63) is 0 Å². The molecule has 0 saturated carbocycles. The normalized spacial score (nSPS) is 27.3. The number of likely N-dealkylation sites (tertiary alicyclic amines) is 1. The van der Waals surface area contributed by atoms with Crippen molar-refractivity contribution in [3.8, 4) is 0 Å². The average molecular weight is 157 g/mol. The highest BCUT2D eigenvalue weighted by atomic mass is 16.5. The van der Waals surface area contributed by atoms with Crippen molar-refractivity contribution in [2.45, 2.75) is 32.3 Å². The van der Waals surface area contributed by atoms with Crippen molar-refractivity contribution < 1.29 is 4.74 Å². The molecule has 0 aromatic carbocycles. The fourth-order valence-electron chi connectivity index (χ4n) is 1.54. The predicted octanol–water partition coefficient (Wildman–Crippen LogP) is 1.51. The number of likely N-dealkylation sites (N-methyl/N-ethyl adjacent to an activating group) is 1. The predicted molar refractivity (Wildman–Crippen MR) is 46.8 cm³/mol. The third-order valence-electron chi connectivity index (χ3n) is 2.14. The number of piperidine rings is 1. The Morgan fingerprint density at radius 1 is 1.55 bits per heavy atom. The van der Waals surface area contributed by atoms with E-state index in [4.69, 9.17) is 4.74 Å². The van der Waals surface area contributed by atoms with Gasteiger partial charge in [-0.05, 0) is 32.9 Å². The zero-order valence-electron chi connectivity index (χ0n) is 7.68. The lowest BCUT2D eigenvalue weighted by Gasteiger charge is -2.29. The molecule has 66 valence electrons. The molecule has 0 spiro atoms. The first-order chi connectivity index (χ1) is 5.33. The summed E-state index contributed by atoms with van der Waals surface area (Å²) in [6.45, 7) is 5.46. The van der Waals surface area contributed by atoms with E-state index in [9.17, 15) is 0 Å². The van der Waals surface area contributed by atoms with E-state index in [1.54, 1.807) is 0 Å². The summed E-state index contributed by atoms with van der Waals surface area (Å²) in [7, 11) is 2.17. The summed E-state index contributed by atoms with van der Waals surface area (Å²) in [5.41, 5.74) is 0. The van der Waals surface area contributed by atoms with Gasteiger partial charge in [-0.25, -0.2) is 0 Å². The van der Waals surface area contributed by atoms with Crippen LogP contribution in [0.5, 0.6) is 0 Å². The van der Waals surface area contributed by atoms with E-state index in [2.05, 4.69) is 18.9 Å². The van der Waals surface area contributed by atoms with Gasteiger partial charge in [-0.2, -0.15) is 0 Å². The second-order valence-corrected chi connectivity index (χ2v) is 3.40. The van der Waals surface area contributed by atoms with Gasteiger partial charge >= 0.3 is 0 Å². The summed E-state index contributed by atoms with van der Waals surface area (Å²) in [5.74, 6) is 0. The zero-order valence-corrected chi connectivity index (χ0v) is 7.68. The number of hydrogen-bond donors (Lipinski definition) is 0. The fraction of sp³-hybridized carbons (Fsp3) is 1.00. The third kappa shape index (κ3) is 3.21. The first kappa shape index (κ1) is 9.01. The van der Waals surface area contributed by atoms with E-state index in [-0.39, 0.29) is 0 Å². The molecule has 1 heterocycles. The van der Waals surface area contributed by atoms with Gasteiger partial charge in [0, 0.05) is 13.2 Å². The summed E-state index contributed by atoms with van der Waals surface area (Å²) in [6.07, 6.45) is 4.20. The summed E-state index contributed by atoms with van der Waals surface area (Å²) in [6, 6.07) is 0. The fourth-order valence-corrected chi connectivity index (χ4v) is 1.54. The van der Waals surface area contributed by atoms with Crippen molar-refractivity contribution in [1.29, 1.82) is 0 Å². The van der Waals surface area contributed by atoms with Crippen LogP contribution in [0.3, 0.4) is 0 Å². The summed E-state index contributed by atoms with van der Waals surface area (Å²) in [4.78, 5) is 2.35. The van der Waals surface area contributed by atoms with E-state index in [0.29, 0.717) is 6.10 Å². The second-order valence-electron chi connectivity index (χ2n) is 3.40. The molecule has 0 aromatic rings. The Kier molecular flexibility index (Phi) is 3.87. The van der Waals surface area contributed by atoms with Gasteiger partial charge in [0.05, 0.1) is 6.10 Å². The van der Waals surface area contributed by atoms with Crippen molar-refractivity contribution in [3.63, 3.8) is 0 Å². The first-order valence-electron chi connectivity index (χ1n) is 4.63. The lowest BCUT2D eigenvalue weighted by molar-refractivity contribution is 0.00690. The molecule has 0 N–H and O–H groups in total. The maximum atomic E-state index is 5.66.